The molecule has 0 saturated heterocycles. The van der Waals surface area contributed by atoms with Gasteiger partial charge in [-0.15, -0.1) is 0 Å². The standard InChI is InChI=1S/C26H22N4O2S/c1-3-32-21-10-7-11-22-24(21)28-26(33-22)30-23(16-17(2)29-30)27-25(31)20-14-12-19(13-15-20)18-8-5-4-6-9-18/h4-16H,3H2,1-2H3,(H,27,31). The highest BCUT2D eigenvalue weighted by molar-refractivity contribution is 7.20. The Morgan fingerprint density at radius 1 is 1.00 bits per heavy atom. The molecule has 2 heterocycles. The highest BCUT2D eigenvalue weighted by Crippen LogP contribution is 2.33. The Labute approximate surface area is 195 Å². The quantitative estimate of drug-likeness (QED) is 0.336. The molecule has 0 spiro atoms. The lowest BCUT2D eigenvalue weighted by molar-refractivity contribution is 0.102. The van der Waals surface area contributed by atoms with Crippen LogP contribution in [-0.4, -0.2) is 27.3 Å². The molecule has 3 aromatic carbocycles. The number of rotatable bonds is 6. The predicted octanol–water partition coefficient (Wildman–Crippen LogP) is 6.11. The first-order chi connectivity index (χ1) is 16.1. The van der Waals surface area contributed by atoms with E-state index in [1.165, 1.54) is 11.3 Å². The van der Waals surface area contributed by atoms with Crippen LogP contribution in [0.1, 0.15) is 23.0 Å². The van der Waals surface area contributed by atoms with Crippen molar-refractivity contribution in [2.24, 2.45) is 0 Å². The molecule has 0 radical (unpaired) electrons. The summed E-state index contributed by atoms with van der Waals surface area (Å²) in [4.78, 5) is 17.7. The topological polar surface area (TPSA) is 69.0 Å². The van der Waals surface area contributed by atoms with Crippen LogP contribution in [-0.2, 0) is 0 Å². The second-order valence-corrected chi connectivity index (χ2v) is 8.52. The van der Waals surface area contributed by atoms with Gasteiger partial charge in [0.15, 0.2) is 0 Å². The molecule has 5 aromatic rings. The number of fused-ring (bicyclic) bond motifs is 1. The van der Waals surface area contributed by atoms with Gasteiger partial charge in [0, 0.05) is 11.6 Å². The van der Waals surface area contributed by atoms with Gasteiger partial charge < -0.3 is 10.1 Å². The van der Waals surface area contributed by atoms with Gasteiger partial charge in [-0.3, -0.25) is 4.79 Å². The third-order valence-corrected chi connectivity index (χ3v) is 6.18. The van der Waals surface area contributed by atoms with Gasteiger partial charge in [-0.05, 0) is 49.2 Å². The summed E-state index contributed by atoms with van der Waals surface area (Å²) in [5.74, 6) is 1.11. The predicted molar refractivity (Wildman–Crippen MR) is 132 cm³/mol. The number of aromatic nitrogens is 3. The van der Waals surface area contributed by atoms with Crippen LogP contribution in [0.4, 0.5) is 5.82 Å². The van der Waals surface area contributed by atoms with Crippen LogP contribution in [0.5, 0.6) is 5.75 Å². The maximum Gasteiger partial charge on any atom is 0.256 e. The molecular weight excluding hydrogens is 432 g/mol. The van der Waals surface area contributed by atoms with Crippen molar-refractivity contribution in [3.63, 3.8) is 0 Å². The van der Waals surface area contributed by atoms with Crippen molar-refractivity contribution in [3.8, 4) is 22.0 Å². The number of thiazole rings is 1. The third-order valence-electron chi connectivity index (χ3n) is 5.18. The number of nitrogens with one attached hydrogen (secondary N) is 1. The monoisotopic (exact) mass is 454 g/mol. The number of carbonyl (C=O) groups is 1. The molecule has 33 heavy (non-hydrogen) atoms. The van der Waals surface area contributed by atoms with Crippen LogP contribution in [0.2, 0.25) is 0 Å². The highest BCUT2D eigenvalue weighted by atomic mass is 32.1. The van der Waals surface area contributed by atoms with Crippen LogP contribution in [0.25, 0.3) is 26.5 Å². The van der Waals surface area contributed by atoms with E-state index in [4.69, 9.17) is 9.72 Å². The molecule has 0 aliphatic rings. The van der Waals surface area contributed by atoms with Crippen molar-refractivity contribution < 1.29 is 9.53 Å². The fraction of sp³-hybridized carbons (Fsp3) is 0.115. The van der Waals surface area contributed by atoms with Gasteiger partial charge >= 0.3 is 0 Å². The molecule has 0 saturated carbocycles. The molecule has 7 heteroatoms. The van der Waals surface area contributed by atoms with Gasteiger partial charge in [-0.1, -0.05) is 59.9 Å². The fourth-order valence-electron chi connectivity index (χ4n) is 3.64. The summed E-state index contributed by atoms with van der Waals surface area (Å²) in [5, 5.41) is 8.21. The Bertz CT molecular complexity index is 1420. The molecule has 5 rings (SSSR count). The first-order valence-electron chi connectivity index (χ1n) is 10.7. The largest absolute Gasteiger partial charge is 0.492 e. The lowest BCUT2D eigenvalue weighted by atomic mass is 10.0. The molecule has 0 unspecified atom stereocenters. The lowest BCUT2D eigenvalue weighted by Gasteiger charge is -2.08. The van der Waals surface area contributed by atoms with Crippen LogP contribution in [0.3, 0.4) is 0 Å². The number of hydrogen-bond donors (Lipinski definition) is 1. The molecule has 1 N–H and O–H groups in total. The molecule has 0 aliphatic carbocycles. The number of hydrogen-bond acceptors (Lipinski definition) is 5. The molecule has 6 nitrogen and oxygen atoms in total. The summed E-state index contributed by atoms with van der Waals surface area (Å²) in [7, 11) is 0. The van der Waals surface area contributed by atoms with E-state index in [1.54, 1.807) is 4.68 Å². The van der Waals surface area contributed by atoms with Crippen molar-refractivity contribution >= 4 is 33.3 Å². The summed E-state index contributed by atoms with van der Waals surface area (Å²) in [5.41, 5.74) is 4.33. The molecule has 0 aliphatic heterocycles. The first kappa shape index (κ1) is 20.9. The highest BCUT2D eigenvalue weighted by Gasteiger charge is 2.17. The van der Waals surface area contributed by atoms with Crippen molar-refractivity contribution in [1.29, 1.82) is 0 Å². The smallest absolute Gasteiger partial charge is 0.256 e. The van der Waals surface area contributed by atoms with Gasteiger partial charge in [-0.2, -0.15) is 9.78 Å². The second kappa shape index (κ2) is 8.88. The molecule has 1 amide bonds. The number of benzene rings is 3. The Kier molecular flexibility index (Phi) is 5.62. The van der Waals surface area contributed by atoms with Crippen molar-refractivity contribution in [2.45, 2.75) is 13.8 Å². The number of nitrogens with zero attached hydrogens (tertiary/aromatic N) is 3. The SMILES string of the molecule is CCOc1cccc2sc(-n3nc(C)cc3NC(=O)c3ccc(-c4ccccc4)cc3)nc12. The zero-order valence-corrected chi connectivity index (χ0v) is 19.1. The van der Waals surface area contributed by atoms with Crippen molar-refractivity contribution in [3.05, 3.63) is 90.1 Å². The van der Waals surface area contributed by atoms with Crippen molar-refractivity contribution in [2.75, 3.05) is 11.9 Å². The summed E-state index contributed by atoms with van der Waals surface area (Å²) >= 11 is 1.50. The Hall–Kier alpha value is -3.97. The van der Waals surface area contributed by atoms with Gasteiger partial charge in [0.2, 0.25) is 5.13 Å². The molecule has 0 fully saturated rings. The van der Waals surface area contributed by atoms with Crippen molar-refractivity contribution in [1.82, 2.24) is 14.8 Å². The summed E-state index contributed by atoms with van der Waals surface area (Å²) < 4.78 is 8.38. The molecule has 0 bridgehead atoms. The third kappa shape index (κ3) is 4.23. The maximum absolute atomic E-state index is 13.0. The number of para-hydroxylation sites is 1. The Morgan fingerprint density at radius 2 is 1.76 bits per heavy atom. The normalized spacial score (nSPS) is 11.0. The average Bonchev–Trinajstić information content (AvgIpc) is 3.43. The van der Waals surface area contributed by atoms with E-state index in [1.807, 2.05) is 92.7 Å². The minimum Gasteiger partial charge on any atom is -0.492 e. The molecule has 0 atom stereocenters. The maximum atomic E-state index is 13.0. The molecule has 164 valence electrons. The van der Waals surface area contributed by atoms with Crippen LogP contribution in [0, 0.1) is 6.92 Å². The van der Waals surface area contributed by atoms with E-state index in [-0.39, 0.29) is 5.91 Å². The van der Waals surface area contributed by atoms with E-state index < -0.39 is 0 Å². The van der Waals surface area contributed by atoms with Crippen LogP contribution >= 0.6 is 11.3 Å². The van der Waals surface area contributed by atoms with Crippen LogP contribution in [0.15, 0.2) is 78.9 Å². The number of amides is 1. The Balaban J connectivity index is 1.42. The van der Waals surface area contributed by atoms with E-state index in [0.29, 0.717) is 23.1 Å². The van der Waals surface area contributed by atoms with Gasteiger partial charge in [0.05, 0.1) is 17.0 Å². The zero-order chi connectivity index (χ0) is 22.8. The number of carbonyl (C=O) groups excluding carboxylic acids is 1. The second-order valence-electron chi connectivity index (χ2n) is 7.51. The minimum absolute atomic E-state index is 0.202. The minimum atomic E-state index is -0.202. The Morgan fingerprint density at radius 3 is 2.52 bits per heavy atom. The summed E-state index contributed by atoms with van der Waals surface area (Å²) in [6, 6.07) is 25.3. The van der Waals surface area contributed by atoms with E-state index in [2.05, 4.69) is 10.4 Å². The zero-order valence-electron chi connectivity index (χ0n) is 18.3. The number of aryl methyl sites for hydroxylation is 1. The van der Waals surface area contributed by atoms with E-state index >= 15 is 0 Å². The number of anilines is 1. The summed E-state index contributed by atoms with van der Waals surface area (Å²) in [6.07, 6.45) is 0. The fourth-order valence-corrected chi connectivity index (χ4v) is 4.59. The molecular formula is C26H22N4O2S. The molecule has 2 aromatic heterocycles. The van der Waals surface area contributed by atoms with Crippen LogP contribution < -0.4 is 10.1 Å². The lowest BCUT2D eigenvalue weighted by Crippen LogP contribution is -2.15. The average molecular weight is 455 g/mol. The number of ether oxygens (including phenoxy) is 1. The van der Waals surface area contributed by atoms with Gasteiger partial charge in [0.25, 0.3) is 5.91 Å². The first-order valence-corrected chi connectivity index (χ1v) is 11.5. The summed E-state index contributed by atoms with van der Waals surface area (Å²) in [6.45, 7) is 4.40. The van der Waals surface area contributed by atoms with E-state index in [9.17, 15) is 4.79 Å². The van der Waals surface area contributed by atoms with E-state index in [0.717, 1.165) is 32.8 Å². The van der Waals surface area contributed by atoms with Gasteiger partial charge in [0.1, 0.15) is 17.1 Å². The van der Waals surface area contributed by atoms with Gasteiger partial charge in [-0.25, -0.2) is 4.98 Å².